The van der Waals surface area contributed by atoms with Crippen molar-refractivity contribution in [2.24, 2.45) is 11.8 Å². The standard InChI is InChI=1S/C31H34N4O5/c1-16-12-19-4-6-23(16)26(19)31(21-8-10-35(11-9-21)24-7-5-22(31)13-20(24)15-36)17(2)29-33-18(3)28(39)27(34-29)30(40)32-14-25(37)38/h4-7,12-13,17,21,26,36,39H,8-11,14-15H2,1-3H3,(H,32,40)(H,37,38). The topological polar surface area (TPSA) is 136 Å². The van der Waals surface area contributed by atoms with Crippen LogP contribution in [0.4, 0.5) is 5.69 Å². The van der Waals surface area contributed by atoms with E-state index in [0.29, 0.717) is 5.82 Å². The number of fused-ring (bicyclic) bond motifs is 2. The average molecular weight is 543 g/mol. The number of carbonyl (C=O) groups is 2. The largest absolute Gasteiger partial charge is 0.504 e. The summed E-state index contributed by atoms with van der Waals surface area (Å²) in [5.41, 5.74) is 6.37. The van der Waals surface area contributed by atoms with Gasteiger partial charge in [0.25, 0.3) is 5.91 Å². The lowest BCUT2D eigenvalue weighted by Crippen LogP contribution is -2.50. The van der Waals surface area contributed by atoms with Gasteiger partial charge in [-0.05, 0) is 61.0 Å². The van der Waals surface area contributed by atoms with Crippen molar-refractivity contribution in [2.75, 3.05) is 24.5 Å². The molecule has 3 atom stereocenters. The maximum atomic E-state index is 12.9. The summed E-state index contributed by atoms with van der Waals surface area (Å²) in [5.74, 6) is -1.86. The number of hydrogen-bond acceptors (Lipinski definition) is 7. The Balaban J connectivity index is 1.58. The minimum atomic E-state index is -1.19. The van der Waals surface area contributed by atoms with Crippen LogP contribution in [0.2, 0.25) is 0 Å². The Morgan fingerprint density at radius 3 is 2.55 bits per heavy atom. The zero-order chi connectivity index (χ0) is 28.3. The molecule has 7 aliphatic rings. The lowest BCUT2D eigenvalue weighted by atomic mass is 9.52. The van der Waals surface area contributed by atoms with Crippen LogP contribution in [0.3, 0.4) is 0 Å². The Morgan fingerprint density at radius 1 is 1.18 bits per heavy atom. The van der Waals surface area contributed by atoms with Crippen LogP contribution in [0.15, 0.2) is 53.1 Å². The molecule has 1 amide bonds. The number of carbonyl (C=O) groups excluding carboxylic acids is 1. The Kier molecular flexibility index (Phi) is 6.29. The van der Waals surface area contributed by atoms with Crippen LogP contribution in [-0.2, 0) is 16.8 Å². The molecule has 1 aromatic carbocycles. The van der Waals surface area contributed by atoms with Gasteiger partial charge < -0.3 is 25.5 Å². The monoisotopic (exact) mass is 542 g/mol. The zero-order valence-corrected chi connectivity index (χ0v) is 22.9. The van der Waals surface area contributed by atoms with Crippen LogP contribution in [0.1, 0.15) is 65.7 Å². The number of hydrogen-bond donors (Lipinski definition) is 4. The van der Waals surface area contributed by atoms with E-state index in [0.717, 1.165) is 42.7 Å². The molecule has 6 heterocycles. The zero-order valence-electron chi connectivity index (χ0n) is 22.9. The van der Waals surface area contributed by atoms with Gasteiger partial charge in [0.1, 0.15) is 12.4 Å². The number of nitrogens with one attached hydrogen (secondary N) is 1. The highest BCUT2D eigenvalue weighted by Crippen LogP contribution is 2.61. The normalized spacial score (nSPS) is 25.1. The van der Waals surface area contributed by atoms with E-state index in [1.807, 2.05) is 0 Å². The summed E-state index contributed by atoms with van der Waals surface area (Å²) in [6, 6.07) is 6.46. The average Bonchev–Trinajstić information content (AvgIpc) is 3.54. The van der Waals surface area contributed by atoms with Crippen molar-refractivity contribution in [1.82, 2.24) is 15.3 Å². The molecule has 3 unspecified atom stereocenters. The number of aliphatic hydroxyl groups is 1. The fraction of sp³-hybridized carbons (Fsp3) is 0.419. The number of piperidine rings is 1. The highest BCUT2D eigenvalue weighted by atomic mass is 16.4. The maximum absolute atomic E-state index is 12.9. The summed E-state index contributed by atoms with van der Waals surface area (Å²) in [7, 11) is 0. The Labute approximate surface area is 233 Å². The minimum Gasteiger partial charge on any atom is -0.504 e. The van der Waals surface area contributed by atoms with Crippen molar-refractivity contribution in [3.05, 3.63) is 81.5 Å². The number of aliphatic carboxylic acids is 1. The van der Waals surface area contributed by atoms with Crippen molar-refractivity contribution in [1.29, 1.82) is 0 Å². The third kappa shape index (κ3) is 3.78. The van der Waals surface area contributed by atoms with Gasteiger partial charge in [-0.3, -0.25) is 9.59 Å². The number of aryl methyl sites for hydroxylation is 1. The predicted molar refractivity (Wildman–Crippen MR) is 149 cm³/mol. The first kappa shape index (κ1) is 26.3. The van der Waals surface area contributed by atoms with E-state index in [2.05, 4.69) is 65.5 Å². The number of aliphatic hydroxyl groups excluding tert-OH is 1. The molecule has 5 aliphatic heterocycles. The molecule has 6 bridgehead atoms. The number of carboxylic acids is 1. The van der Waals surface area contributed by atoms with Crippen LogP contribution in [0.25, 0.3) is 0 Å². The van der Waals surface area contributed by atoms with Gasteiger partial charge in [0.05, 0.1) is 12.3 Å². The molecule has 1 aromatic heterocycles. The molecule has 9 nitrogen and oxygen atoms in total. The second kappa shape index (κ2) is 9.59. The number of nitrogens with zero attached hydrogens (tertiary/aromatic N) is 3. The molecular formula is C31H34N4O5. The fourth-order valence-electron chi connectivity index (χ4n) is 7.69. The van der Waals surface area contributed by atoms with Crippen molar-refractivity contribution < 1.29 is 24.9 Å². The second-order valence-corrected chi connectivity index (χ2v) is 11.4. The van der Waals surface area contributed by atoms with Crippen LogP contribution >= 0.6 is 0 Å². The Bertz CT molecular complexity index is 1520. The van der Waals surface area contributed by atoms with Crippen molar-refractivity contribution in [3.8, 4) is 5.75 Å². The first-order valence-electron chi connectivity index (χ1n) is 13.8. The van der Waals surface area contributed by atoms with Gasteiger partial charge in [0.2, 0.25) is 0 Å². The minimum absolute atomic E-state index is 0.0524. The van der Waals surface area contributed by atoms with E-state index in [-0.39, 0.29) is 41.5 Å². The molecule has 0 radical (unpaired) electrons. The predicted octanol–water partition coefficient (Wildman–Crippen LogP) is 3.51. The molecule has 2 aromatic rings. The van der Waals surface area contributed by atoms with Crippen molar-refractivity contribution >= 4 is 17.6 Å². The number of benzene rings is 1. The molecule has 40 heavy (non-hydrogen) atoms. The van der Waals surface area contributed by atoms with Gasteiger partial charge in [0, 0.05) is 41.6 Å². The van der Waals surface area contributed by atoms with E-state index in [1.165, 1.54) is 16.7 Å². The quantitative estimate of drug-likeness (QED) is 0.417. The summed E-state index contributed by atoms with van der Waals surface area (Å²) in [5, 5.41) is 32.5. The van der Waals surface area contributed by atoms with Gasteiger partial charge in [-0.1, -0.05) is 37.3 Å². The van der Waals surface area contributed by atoms with Gasteiger partial charge in [-0.2, -0.15) is 0 Å². The van der Waals surface area contributed by atoms with Crippen molar-refractivity contribution in [3.63, 3.8) is 0 Å². The molecule has 9 heteroatoms. The van der Waals surface area contributed by atoms with Gasteiger partial charge in [-0.25, -0.2) is 9.97 Å². The van der Waals surface area contributed by atoms with E-state index >= 15 is 0 Å². The lowest BCUT2D eigenvalue weighted by Gasteiger charge is -2.51. The van der Waals surface area contributed by atoms with Gasteiger partial charge in [-0.15, -0.1) is 0 Å². The van der Waals surface area contributed by atoms with E-state index in [1.54, 1.807) is 6.92 Å². The summed E-state index contributed by atoms with van der Waals surface area (Å²) in [6.07, 6.45) is 8.56. The number of amides is 1. The summed E-state index contributed by atoms with van der Waals surface area (Å²) >= 11 is 0. The van der Waals surface area contributed by atoms with Gasteiger partial charge in [0.15, 0.2) is 11.4 Å². The Hall–Kier alpha value is -3.98. The van der Waals surface area contributed by atoms with Crippen LogP contribution in [0, 0.1) is 18.8 Å². The molecule has 2 aliphatic carbocycles. The molecule has 0 spiro atoms. The van der Waals surface area contributed by atoms with E-state index in [9.17, 15) is 19.8 Å². The second-order valence-electron chi connectivity index (χ2n) is 11.4. The first-order valence-corrected chi connectivity index (χ1v) is 13.8. The van der Waals surface area contributed by atoms with E-state index < -0.39 is 23.8 Å². The number of aromatic hydroxyl groups is 1. The SMILES string of the molecule is CC1=C2C=CC(=C1)C2C1(C(C)c2nc(C)c(O)c(C(=O)NCC(=O)O)n2)c2ccc(c(CO)c2)N2CCC1CC2. The lowest BCUT2D eigenvalue weighted by molar-refractivity contribution is -0.135. The summed E-state index contributed by atoms with van der Waals surface area (Å²) in [4.78, 5) is 35.7. The highest BCUT2D eigenvalue weighted by molar-refractivity contribution is 5.96. The van der Waals surface area contributed by atoms with E-state index in [4.69, 9.17) is 10.1 Å². The molecule has 4 N–H and O–H groups in total. The molecular weight excluding hydrogens is 508 g/mol. The smallest absolute Gasteiger partial charge is 0.322 e. The molecule has 9 rings (SSSR count). The third-order valence-electron chi connectivity index (χ3n) is 9.47. The molecule has 208 valence electrons. The van der Waals surface area contributed by atoms with Gasteiger partial charge >= 0.3 is 5.97 Å². The first-order chi connectivity index (χ1) is 19.2. The summed E-state index contributed by atoms with van der Waals surface area (Å²) in [6.45, 7) is 6.98. The Morgan fingerprint density at radius 2 is 1.93 bits per heavy atom. The third-order valence-corrected chi connectivity index (χ3v) is 9.47. The number of aromatic nitrogens is 2. The van der Waals surface area contributed by atoms with Crippen molar-refractivity contribution in [2.45, 2.75) is 51.6 Å². The van der Waals surface area contributed by atoms with Crippen LogP contribution in [0.5, 0.6) is 5.75 Å². The number of rotatable bonds is 7. The van der Waals surface area contributed by atoms with Crippen LogP contribution in [-0.4, -0.2) is 56.8 Å². The number of anilines is 1. The fourth-order valence-corrected chi connectivity index (χ4v) is 7.69. The van der Waals surface area contributed by atoms with Crippen LogP contribution < -0.4 is 10.2 Å². The molecule has 0 saturated carbocycles. The number of carboxylic acid groups (broad SMARTS) is 1. The summed E-state index contributed by atoms with van der Waals surface area (Å²) < 4.78 is 0. The maximum Gasteiger partial charge on any atom is 0.322 e. The highest BCUT2D eigenvalue weighted by Gasteiger charge is 2.56. The molecule has 1 saturated heterocycles. The molecule has 1 fully saturated rings. The number of allylic oxidation sites excluding steroid dienone is 6.